The third kappa shape index (κ3) is 6.89. The minimum absolute atomic E-state index is 0.136. The van der Waals surface area contributed by atoms with Gasteiger partial charge in [-0.25, -0.2) is 0 Å². The van der Waals surface area contributed by atoms with Gasteiger partial charge in [0.2, 0.25) is 17.7 Å². The predicted molar refractivity (Wildman–Crippen MR) is 139 cm³/mol. The van der Waals surface area contributed by atoms with Crippen molar-refractivity contribution in [3.63, 3.8) is 0 Å². The van der Waals surface area contributed by atoms with Crippen molar-refractivity contribution in [1.82, 2.24) is 20.4 Å². The topological polar surface area (TPSA) is 128 Å². The first-order chi connectivity index (χ1) is 18.3. The monoisotopic (exact) mass is 522 g/mol. The molecule has 202 valence electrons. The number of nitrogens with zero attached hydrogens (tertiary/aromatic N) is 2. The van der Waals surface area contributed by atoms with Gasteiger partial charge in [0.15, 0.2) is 0 Å². The van der Waals surface area contributed by atoms with Crippen LogP contribution >= 0.6 is 0 Å². The SMILES string of the molecule is CN1CCOc2ccccc2C(=O)N[C@H](C(=O)N2CCC(O)CC2)CC(=O)N[C@@H](Cc2ccccc2)C1=O. The second-order valence-electron chi connectivity index (χ2n) is 9.70. The van der Waals surface area contributed by atoms with Gasteiger partial charge in [-0.1, -0.05) is 42.5 Å². The fourth-order valence-corrected chi connectivity index (χ4v) is 4.68. The lowest BCUT2D eigenvalue weighted by Gasteiger charge is -2.33. The third-order valence-corrected chi connectivity index (χ3v) is 6.88. The maximum atomic E-state index is 13.4. The lowest BCUT2D eigenvalue weighted by atomic mass is 10.0. The molecule has 2 aliphatic heterocycles. The third-order valence-electron chi connectivity index (χ3n) is 6.88. The first-order valence-corrected chi connectivity index (χ1v) is 12.9. The maximum Gasteiger partial charge on any atom is 0.255 e. The predicted octanol–water partition coefficient (Wildman–Crippen LogP) is 0.737. The quantitative estimate of drug-likeness (QED) is 0.546. The van der Waals surface area contributed by atoms with E-state index in [9.17, 15) is 24.3 Å². The average Bonchev–Trinajstić information content (AvgIpc) is 2.92. The molecule has 2 aliphatic rings. The van der Waals surface area contributed by atoms with E-state index in [-0.39, 0.29) is 37.5 Å². The molecule has 0 aromatic heterocycles. The molecular formula is C28H34N4O6. The number of rotatable bonds is 3. The van der Waals surface area contributed by atoms with Crippen LogP contribution in [0.2, 0.25) is 0 Å². The number of carbonyl (C=O) groups is 4. The molecule has 0 saturated carbocycles. The smallest absolute Gasteiger partial charge is 0.255 e. The molecule has 38 heavy (non-hydrogen) atoms. The first kappa shape index (κ1) is 27.1. The van der Waals surface area contributed by atoms with E-state index in [0.717, 1.165) is 5.56 Å². The van der Waals surface area contributed by atoms with Crippen LogP contribution in [0.1, 0.15) is 35.2 Å². The van der Waals surface area contributed by atoms with Crippen LogP contribution < -0.4 is 15.4 Å². The summed E-state index contributed by atoms with van der Waals surface area (Å²) >= 11 is 0. The number of carbonyl (C=O) groups excluding carboxylic acids is 4. The van der Waals surface area contributed by atoms with Crippen LogP contribution in [0.5, 0.6) is 5.75 Å². The van der Waals surface area contributed by atoms with E-state index in [2.05, 4.69) is 10.6 Å². The summed E-state index contributed by atoms with van der Waals surface area (Å²) in [5, 5.41) is 15.4. The molecule has 0 bridgehead atoms. The Labute approximate surface area is 221 Å². The van der Waals surface area contributed by atoms with Crippen molar-refractivity contribution in [2.45, 2.75) is 43.9 Å². The van der Waals surface area contributed by atoms with Gasteiger partial charge in [0, 0.05) is 26.6 Å². The highest BCUT2D eigenvalue weighted by Gasteiger charge is 2.33. The lowest BCUT2D eigenvalue weighted by Crippen LogP contribution is -2.55. The van der Waals surface area contributed by atoms with Crippen molar-refractivity contribution in [3.05, 3.63) is 65.7 Å². The molecule has 4 amide bonds. The van der Waals surface area contributed by atoms with Gasteiger partial charge in [0.25, 0.3) is 5.91 Å². The number of likely N-dealkylation sites (tertiary alicyclic amines) is 1. The molecule has 10 nitrogen and oxygen atoms in total. The number of hydrogen-bond acceptors (Lipinski definition) is 6. The zero-order valence-corrected chi connectivity index (χ0v) is 21.5. The van der Waals surface area contributed by atoms with Crippen LogP contribution in [0.15, 0.2) is 54.6 Å². The summed E-state index contributed by atoms with van der Waals surface area (Å²) < 4.78 is 5.85. The molecule has 1 fully saturated rings. The molecule has 4 rings (SSSR count). The molecular weight excluding hydrogens is 488 g/mol. The number of aliphatic hydroxyl groups is 1. The van der Waals surface area contributed by atoms with E-state index in [1.807, 2.05) is 30.3 Å². The summed E-state index contributed by atoms with van der Waals surface area (Å²) in [5.41, 5.74) is 1.10. The zero-order valence-electron chi connectivity index (χ0n) is 21.5. The van der Waals surface area contributed by atoms with Gasteiger partial charge in [-0.3, -0.25) is 19.2 Å². The van der Waals surface area contributed by atoms with Gasteiger partial charge in [0.05, 0.1) is 24.6 Å². The van der Waals surface area contributed by atoms with Gasteiger partial charge in [-0.15, -0.1) is 0 Å². The number of likely N-dealkylation sites (N-methyl/N-ethyl adjacent to an activating group) is 1. The van der Waals surface area contributed by atoms with Crippen molar-refractivity contribution >= 4 is 23.6 Å². The summed E-state index contributed by atoms with van der Waals surface area (Å²) in [6.07, 6.45) is 0.306. The van der Waals surface area contributed by atoms with E-state index < -0.39 is 35.9 Å². The van der Waals surface area contributed by atoms with E-state index in [4.69, 9.17) is 4.74 Å². The van der Waals surface area contributed by atoms with E-state index in [0.29, 0.717) is 31.7 Å². The number of amides is 4. The van der Waals surface area contributed by atoms with Crippen LogP contribution in [0.4, 0.5) is 0 Å². The molecule has 1 saturated heterocycles. The van der Waals surface area contributed by atoms with Crippen molar-refractivity contribution < 1.29 is 29.0 Å². The van der Waals surface area contributed by atoms with Crippen molar-refractivity contribution in [3.8, 4) is 5.75 Å². The van der Waals surface area contributed by atoms with Crippen molar-refractivity contribution in [2.75, 3.05) is 33.3 Å². The van der Waals surface area contributed by atoms with Gasteiger partial charge < -0.3 is 30.3 Å². The molecule has 0 unspecified atom stereocenters. The highest BCUT2D eigenvalue weighted by molar-refractivity contribution is 6.01. The summed E-state index contributed by atoms with van der Waals surface area (Å²) in [6, 6.07) is 14.0. The number of hydrogen-bond donors (Lipinski definition) is 3. The Kier molecular flexibility index (Phi) is 8.96. The highest BCUT2D eigenvalue weighted by atomic mass is 16.5. The molecule has 2 atom stereocenters. The number of fused-ring (bicyclic) bond motifs is 1. The average molecular weight is 523 g/mol. The second kappa shape index (κ2) is 12.6. The minimum Gasteiger partial charge on any atom is -0.491 e. The molecule has 10 heteroatoms. The van der Waals surface area contributed by atoms with Gasteiger partial charge in [0.1, 0.15) is 24.4 Å². The van der Waals surface area contributed by atoms with E-state index >= 15 is 0 Å². The Bertz CT molecular complexity index is 1150. The van der Waals surface area contributed by atoms with Crippen LogP contribution in [0.25, 0.3) is 0 Å². The minimum atomic E-state index is -1.15. The van der Waals surface area contributed by atoms with Crippen LogP contribution in [-0.2, 0) is 20.8 Å². The Morgan fingerprint density at radius 2 is 1.66 bits per heavy atom. The summed E-state index contributed by atoms with van der Waals surface area (Å²) in [5.74, 6) is -1.43. The van der Waals surface area contributed by atoms with Crippen molar-refractivity contribution in [2.24, 2.45) is 0 Å². The lowest BCUT2D eigenvalue weighted by molar-refractivity contribution is -0.138. The molecule has 2 heterocycles. The Morgan fingerprint density at radius 1 is 0.974 bits per heavy atom. The molecule has 2 aromatic carbocycles. The second-order valence-corrected chi connectivity index (χ2v) is 9.70. The fraction of sp³-hybridized carbons (Fsp3) is 0.429. The van der Waals surface area contributed by atoms with Crippen LogP contribution in [0.3, 0.4) is 0 Å². The largest absolute Gasteiger partial charge is 0.491 e. The number of aliphatic hydroxyl groups excluding tert-OH is 1. The number of ether oxygens (including phenoxy) is 1. The van der Waals surface area contributed by atoms with Gasteiger partial charge in [-0.05, 0) is 30.5 Å². The first-order valence-electron chi connectivity index (χ1n) is 12.9. The Morgan fingerprint density at radius 3 is 2.39 bits per heavy atom. The maximum absolute atomic E-state index is 13.4. The van der Waals surface area contributed by atoms with E-state index in [1.165, 1.54) is 4.90 Å². The van der Waals surface area contributed by atoms with E-state index in [1.54, 1.807) is 36.2 Å². The number of nitrogens with one attached hydrogen (secondary N) is 2. The summed E-state index contributed by atoms with van der Waals surface area (Å²) in [7, 11) is 1.64. The summed E-state index contributed by atoms with van der Waals surface area (Å²) in [4.78, 5) is 56.3. The molecule has 2 aromatic rings. The van der Waals surface area contributed by atoms with Gasteiger partial charge in [-0.2, -0.15) is 0 Å². The standard InChI is InChI=1S/C28H34N4O6/c1-31-15-16-38-24-10-6-5-9-21(24)26(35)30-23(28(37)32-13-11-20(33)12-14-32)18-25(34)29-22(27(31)36)17-19-7-3-2-4-8-19/h2-10,20,22-23,33H,11-18H2,1H3,(H,29,34)(H,30,35)/t22-,23-/m0/s1. The van der Waals surface area contributed by atoms with Crippen molar-refractivity contribution in [1.29, 1.82) is 0 Å². The van der Waals surface area contributed by atoms with Crippen LogP contribution in [0, 0.1) is 0 Å². The fourth-order valence-electron chi connectivity index (χ4n) is 4.68. The summed E-state index contributed by atoms with van der Waals surface area (Å²) in [6.45, 7) is 1.04. The Hall–Kier alpha value is -3.92. The molecule has 3 N–H and O–H groups in total. The Balaban J connectivity index is 1.62. The number of piperidine rings is 1. The molecule has 0 aliphatic carbocycles. The highest BCUT2D eigenvalue weighted by Crippen LogP contribution is 2.20. The number of para-hydroxylation sites is 1. The van der Waals surface area contributed by atoms with Gasteiger partial charge >= 0.3 is 0 Å². The normalized spacial score (nSPS) is 22.0. The number of benzene rings is 2. The molecule has 0 spiro atoms. The zero-order chi connectivity index (χ0) is 27.1. The van der Waals surface area contributed by atoms with Crippen LogP contribution in [-0.4, -0.2) is 90.0 Å². The molecule has 0 radical (unpaired) electrons.